The SMILES string of the molecule is CCNC(Cc1ccc(F)cc1)Cc1ccc(OC)cc1. The zero-order valence-corrected chi connectivity index (χ0v) is 12.6. The molecule has 112 valence electrons. The van der Waals surface area contributed by atoms with Crippen LogP contribution >= 0.6 is 0 Å². The molecule has 0 amide bonds. The molecule has 1 atom stereocenters. The van der Waals surface area contributed by atoms with E-state index < -0.39 is 0 Å². The van der Waals surface area contributed by atoms with Gasteiger partial charge in [-0.1, -0.05) is 31.2 Å². The molecule has 0 aromatic heterocycles. The van der Waals surface area contributed by atoms with Crippen LogP contribution in [0.3, 0.4) is 0 Å². The third-order valence-electron chi connectivity index (χ3n) is 3.53. The van der Waals surface area contributed by atoms with E-state index in [9.17, 15) is 4.39 Å². The number of hydrogen-bond donors (Lipinski definition) is 1. The van der Waals surface area contributed by atoms with Gasteiger partial charge >= 0.3 is 0 Å². The minimum Gasteiger partial charge on any atom is -0.497 e. The van der Waals surface area contributed by atoms with Crippen LogP contribution in [0, 0.1) is 5.82 Å². The summed E-state index contributed by atoms with van der Waals surface area (Å²) in [6, 6.07) is 15.2. The first-order valence-corrected chi connectivity index (χ1v) is 7.32. The van der Waals surface area contributed by atoms with E-state index in [4.69, 9.17) is 4.74 Å². The van der Waals surface area contributed by atoms with Crippen molar-refractivity contribution in [1.82, 2.24) is 5.32 Å². The number of likely N-dealkylation sites (N-methyl/N-ethyl adjacent to an activating group) is 1. The van der Waals surface area contributed by atoms with Gasteiger partial charge in [0.05, 0.1) is 7.11 Å². The van der Waals surface area contributed by atoms with Crippen LogP contribution in [0.4, 0.5) is 4.39 Å². The van der Waals surface area contributed by atoms with Crippen molar-refractivity contribution in [3.8, 4) is 5.75 Å². The molecule has 0 fully saturated rings. The monoisotopic (exact) mass is 287 g/mol. The quantitative estimate of drug-likeness (QED) is 0.840. The Morgan fingerprint density at radius 2 is 1.48 bits per heavy atom. The molecule has 0 bridgehead atoms. The van der Waals surface area contributed by atoms with Crippen LogP contribution in [-0.4, -0.2) is 19.7 Å². The summed E-state index contributed by atoms with van der Waals surface area (Å²) in [5.74, 6) is 0.686. The van der Waals surface area contributed by atoms with E-state index in [1.807, 2.05) is 24.3 Å². The second kappa shape index (κ2) is 7.79. The second-order valence-electron chi connectivity index (χ2n) is 5.14. The van der Waals surface area contributed by atoms with Crippen LogP contribution < -0.4 is 10.1 Å². The Morgan fingerprint density at radius 3 is 1.95 bits per heavy atom. The normalized spacial score (nSPS) is 12.1. The molecule has 0 spiro atoms. The Kier molecular flexibility index (Phi) is 5.76. The van der Waals surface area contributed by atoms with Gasteiger partial charge in [-0.15, -0.1) is 0 Å². The van der Waals surface area contributed by atoms with E-state index in [1.165, 1.54) is 17.7 Å². The molecule has 2 nitrogen and oxygen atoms in total. The summed E-state index contributed by atoms with van der Waals surface area (Å²) in [6.07, 6.45) is 1.83. The summed E-state index contributed by atoms with van der Waals surface area (Å²) in [5.41, 5.74) is 2.42. The topological polar surface area (TPSA) is 21.3 Å². The zero-order chi connectivity index (χ0) is 15.1. The van der Waals surface area contributed by atoms with Crippen LogP contribution in [0.2, 0.25) is 0 Å². The van der Waals surface area contributed by atoms with Gasteiger partial charge < -0.3 is 10.1 Å². The van der Waals surface area contributed by atoms with E-state index in [1.54, 1.807) is 7.11 Å². The highest BCUT2D eigenvalue weighted by molar-refractivity contribution is 5.28. The number of halogens is 1. The Balaban J connectivity index is 2.02. The minimum absolute atomic E-state index is 0.186. The van der Waals surface area contributed by atoms with Gasteiger partial charge in [-0.05, 0) is 54.8 Å². The van der Waals surface area contributed by atoms with Crippen molar-refractivity contribution in [2.24, 2.45) is 0 Å². The summed E-state index contributed by atoms with van der Waals surface area (Å²) in [7, 11) is 1.67. The number of hydrogen-bond acceptors (Lipinski definition) is 2. The number of benzene rings is 2. The van der Waals surface area contributed by atoms with Crippen molar-refractivity contribution in [2.45, 2.75) is 25.8 Å². The lowest BCUT2D eigenvalue weighted by atomic mass is 9.99. The molecule has 0 aliphatic rings. The van der Waals surface area contributed by atoms with Gasteiger partial charge in [0.15, 0.2) is 0 Å². The van der Waals surface area contributed by atoms with Gasteiger partial charge in [0.2, 0.25) is 0 Å². The lowest BCUT2D eigenvalue weighted by Gasteiger charge is -2.18. The maximum Gasteiger partial charge on any atom is 0.123 e. The van der Waals surface area contributed by atoms with Crippen LogP contribution in [0.25, 0.3) is 0 Å². The van der Waals surface area contributed by atoms with E-state index in [0.717, 1.165) is 30.7 Å². The Hall–Kier alpha value is -1.87. The summed E-state index contributed by atoms with van der Waals surface area (Å²) in [5, 5.41) is 3.50. The van der Waals surface area contributed by atoms with Crippen LogP contribution in [-0.2, 0) is 12.8 Å². The summed E-state index contributed by atoms with van der Waals surface area (Å²) in [4.78, 5) is 0. The van der Waals surface area contributed by atoms with E-state index >= 15 is 0 Å². The molecule has 0 aliphatic heterocycles. The number of ether oxygens (including phenoxy) is 1. The summed E-state index contributed by atoms with van der Waals surface area (Å²) >= 11 is 0. The van der Waals surface area contributed by atoms with Crippen molar-refractivity contribution in [1.29, 1.82) is 0 Å². The standard InChI is InChI=1S/C18H22FNO/c1-3-20-17(12-14-4-8-16(19)9-5-14)13-15-6-10-18(21-2)11-7-15/h4-11,17,20H,3,12-13H2,1-2H3. The third kappa shape index (κ3) is 4.87. The first-order chi connectivity index (χ1) is 10.2. The molecule has 1 unspecified atom stereocenters. The maximum absolute atomic E-state index is 13.0. The van der Waals surface area contributed by atoms with Gasteiger partial charge in [-0.3, -0.25) is 0 Å². The molecule has 0 saturated heterocycles. The number of rotatable bonds is 7. The summed E-state index contributed by atoms with van der Waals surface area (Å²) in [6.45, 7) is 3.02. The lowest BCUT2D eigenvalue weighted by Crippen LogP contribution is -2.33. The van der Waals surface area contributed by atoms with Crippen LogP contribution in [0.1, 0.15) is 18.1 Å². The molecule has 0 saturated carbocycles. The third-order valence-corrected chi connectivity index (χ3v) is 3.53. The molecular formula is C18H22FNO. The van der Waals surface area contributed by atoms with Gasteiger partial charge in [0.1, 0.15) is 11.6 Å². The number of nitrogens with one attached hydrogen (secondary N) is 1. The second-order valence-corrected chi connectivity index (χ2v) is 5.14. The van der Waals surface area contributed by atoms with Crippen molar-refractivity contribution in [3.05, 3.63) is 65.5 Å². The van der Waals surface area contributed by atoms with Gasteiger partial charge in [-0.25, -0.2) is 4.39 Å². The first kappa shape index (κ1) is 15.5. The molecule has 2 rings (SSSR count). The molecule has 1 N–H and O–H groups in total. The average molecular weight is 287 g/mol. The lowest BCUT2D eigenvalue weighted by molar-refractivity contribution is 0.414. The predicted octanol–water partition coefficient (Wildman–Crippen LogP) is 3.60. The van der Waals surface area contributed by atoms with Crippen molar-refractivity contribution < 1.29 is 9.13 Å². The molecule has 21 heavy (non-hydrogen) atoms. The van der Waals surface area contributed by atoms with E-state index in [0.29, 0.717) is 6.04 Å². The highest BCUT2D eigenvalue weighted by atomic mass is 19.1. The van der Waals surface area contributed by atoms with Crippen molar-refractivity contribution in [3.63, 3.8) is 0 Å². The fourth-order valence-corrected chi connectivity index (χ4v) is 2.46. The molecule has 2 aromatic carbocycles. The highest BCUT2D eigenvalue weighted by Crippen LogP contribution is 2.14. The van der Waals surface area contributed by atoms with Gasteiger partial charge in [0, 0.05) is 6.04 Å². The largest absolute Gasteiger partial charge is 0.497 e. The molecule has 2 aromatic rings. The molecular weight excluding hydrogens is 265 g/mol. The molecule has 0 heterocycles. The Morgan fingerprint density at radius 1 is 0.952 bits per heavy atom. The average Bonchev–Trinajstić information content (AvgIpc) is 2.50. The number of methoxy groups -OCH3 is 1. The van der Waals surface area contributed by atoms with Crippen LogP contribution in [0.5, 0.6) is 5.75 Å². The Bertz CT molecular complexity index is 536. The Labute approximate surface area is 126 Å². The van der Waals surface area contributed by atoms with E-state index in [2.05, 4.69) is 24.4 Å². The van der Waals surface area contributed by atoms with Gasteiger partial charge in [-0.2, -0.15) is 0 Å². The summed E-state index contributed by atoms with van der Waals surface area (Å²) < 4.78 is 18.1. The van der Waals surface area contributed by atoms with Crippen LogP contribution in [0.15, 0.2) is 48.5 Å². The fourth-order valence-electron chi connectivity index (χ4n) is 2.46. The fraction of sp³-hybridized carbons (Fsp3) is 0.333. The molecule has 3 heteroatoms. The zero-order valence-electron chi connectivity index (χ0n) is 12.6. The van der Waals surface area contributed by atoms with Crippen molar-refractivity contribution in [2.75, 3.05) is 13.7 Å². The first-order valence-electron chi connectivity index (χ1n) is 7.32. The van der Waals surface area contributed by atoms with Gasteiger partial charge in [0.25, 0.3) is 0 Å². The van der Waals surface area contributed by atoms with E-state index in [-0.39, 0.29) is 5.82 Å². The molecule has 0 radical (unpaired) electrons. The minimum atomic E-state index is -0.186. The predicted molar refractivity (Wildman–Crippen MR) is 84.3 cm³/mol. The van der Waals surface area contributed by atoms with Crippen molar-refractivity contribution >= 4 is 0 Å². The maximum atomic E-state index is 13.0. The molecule has 0 aliphatic carbocycles. The smallest absolute Gasteiger partial charge is 0.123 e. The highest BCUT2D eigenvalue weighted by Gasteiger charge is 2.10.